The minimum absolute atomic E-state index is 0.0724. The number of carbonyl (C=O) groups excluding carboxylic acids is 2. The number of amides is 2. The highest BCUT2D eigenvalue weighted by Gasteiger charge is 2.31. The van der Waals surface area contributed by atoms with Gasteiger partial charge in [0.25, 0.3) is 0 Å². The molecule has 0 saturated carbocycles. The molecule has 1 fully saturated rings. The highest BCUT2D eigenvalue weighted by Crippen LogP contribution is 2.32. The molecule has 0 radical (unpaired) electrons. The van der Waals surface area contributed by atoms with E-state index in [-0.39, 0.29) is 18.6 Å². The summed E-state index contributed by atoms with van der Waals surface area (Å²) in [6.45, 7) is 3.05. The normalized spacial score (nSPS) is 16.5. The van der Waals surface area contributed by atoms with Crippen LogP contribution in [0, 0.1) is 0 Å². The maximum atomic E-state index is 12.4. The molecule has 28 heavy (non-hydrogen) atoms. The zero-order chi connectivity index (χ0) is 19.5. The average Bonchev–Trinajstić information content (AvgIpc) is 3.44. The molecule has 1 aliphatic rings. The first-order valence-electron chi connectivity index (χ1n) is 9.21. The zero-order valence-corrected chi connectivity index (χ0v) is 16.3. The average molecular weight is 399 g/mol. The molecule has 0 aromatic carbocycles. The molecule has 8 nitrogen and oxygen atoms in total. The highest BCUT2D eigenvalue weighted by atomic mass is 32.1. The number of ether oxygens (including phenoxy) is 1. The van der Waals surface area contributed by atoms with Crippen LogP contribution < -0.4 is 5.32 Å². The monoisotopic (exact) mass is 399 g/mol. The van der Waals surface area contributed by atoms with Crippen molar-refractivity contribution in [1.29, 1.82) is 0 Å². The minimum atomic E-state index is -0.434. The van der Waals surface area contributed by atoms with E-state index in [0.29, 0.717) is 19.7 Å². The maximum Gasteiger partial charge on any atom is 0.325 e. The second-order valence-electron chi connectivity index (χ2n) is 6.52. The third-order valence-corrected chi connectivity index (χ3v) is 5.42. The summed E-state index contributed by atoms with van der Waals surface area (Å²) >= 11 is 1.62. The number of imidazole rings is 1. The van der Waals surface area contributed by atoms with Crippen LogP contribution in [-0.4, -0.2) is 57.7 Å². The molecule has 0 aliphatic carbocycles. The standard InChI is InChI=1S/C19H21N5O3S/c1-2-27-16(25)10-21-19(26)23-8-5-14(11-23)24-17(13-6-9-28-12-13)22-15-4-3-7-20-18(15)24/h3-4,6-7,9,12,14H,2,5,8,10-11H2,1H3,(H,21,26). The summed E-state index contributed by atoms with van der Waals surface area (Å²) < 4.78 is 6.98. The Hall–Kier alpha value is -2.94. The van der Waals surface area contributed by atoms with Gasteiger partial charge in [0.1, 0.15) is 17.9 Å². The number of thiophene rings is 1. The van der Waals surface area contributed by atoms with E-state index in [1.807, 2.05) is 23.6 Å². The first-order valence-corrected chi connectivity index (χ1v) is 10.2. The Morgan fingerprint density at radius 1 is 1.39 bits per heavy atom. The van der Waals surface area contributed by atoms with Crippen molar-refractivity contribution in [3.8, 4) is 11.4 Å². The van der Waals surface area contributed by atoms with E-state index in [4.69, 9.17) is 9.72 Å². The molecule has 0 spiro atoms. The van der Waals surface area contributed by atoms with Crippen LogP contribution in [0.2, 0.25) is 0 Å². The summed E-state index contributed by atoms with van der Waals surface area (Å²) in [6.07, 6.45) is 2.56. The Bertz CT molecular complexity index is 985. The van der Waals surface area contributed by atoms with Gasteiger partial charge in [-0.05, 0) is 36.9 Å². The predicted molar refractivity (Wildman–Crippen MR) is 106 cm³/mol. The van der Waals surface area contributed by atoms with Gasteiger partial charge in [0, 0.05) is 30.2 Å². The van der Waals surface area contributed by atoms with Crippen LogP contribution in [0.5, 0.6) is 0 Å². The number of rotatable bonds is 5. The summed E-state index contributed by atoms with van der Waals surface area (Å²) in [6, 6.07) is 5.68. The van der Waals surface area contributed by atoms with Crippen molar-refractivity contribution in [1.82, 2.24) is 24.8 Å². The fraction of sp³-hybridized carbons (Fsp3) is 0.368. The highest BCUT2D eigenvalue weighted by molar-refractivity contribution is 7.08. The number of urea groups is 1. The Kier molecular flexibility index (Phi) is 5.25. The summed E-state index contributed by atoms with van der Waals surface area (Å²) in [7, 11) is 0. The van der Waals surface area contributed by atoms with Crippen LogP contribution in [-0.2, 0) is 9.53 Å². The van der Waals surface area contributed by atoms with Crippen molar-refractivity contribution in [3.63, 3.8) is 0 Å². The lowest BCUT2D eigenvalue weighted by atomic mass is 10.2. The van der Waals surface area contributed by atoms with Gasteiger partial charge in [0.2, 0.25) is 0 Å². The van der Waals surface area contributed by atoms with Crippen LogP contribution in [0.3, 0.4) is 0 Å². The van der Waals surface area contributed by atoms with E-state index in [2.05, 4.69) is 20.2 Å². The van der Waals surface area contributed by atoms with Crippen LogP contribution in [0.15, 0.2) is 35.2 Å². The van der Waals surface area contributed by atoms with Crippen molar-refractivity contribution in [2.45, 2.75) is 19.4 Å². The number of carbonyl (C=O) groups is 2. The third kappa shape index (κ3) is 3.57. The lowest BCUT2D eigenvalue weighted by molar-refractivity contribution is -0.141. The number of nitrogens with zero attached hydrogens (tertiary/aromatic N) is 4. The van der Waals surface area contributed by atoms with E-state index >= 15 is 0 Å². The third-order valence-electron chi connectivity index (χ3n) is 4.73. The molecule has 1 atom stereocenters. The second-order valence-corrected chi connectivity index (χ2v) is 7.30. The smallest absolute Gasteiger partial charge is 0.325 e. The molecule has 1 aliphatic heterocycles. The molecule has 9 heteroatoms. The SMILES string of the molecule is CCOC(=O)CNC(=O)N1CCC(n2c(-c3ccsc3)nc3cccnc32)C1. The summed E-state index contributed by atoms with van der Waals surface area (Å²) in [4.78, 5) is 34.9. The van der Waals surface area contributed by atoms with Gasteiger partial charge in [0.15, 0.2) is 5.65 Å². The fourth-order valence-electron chi connectivity index (χ4n) is 3.48. The Balaban J connectivity index is 1.54. The number of likely N-dealkylation sites (tertiary alicyclic amines) is 1. The molecule has 146 valence electrons. The van der Waals surface area contributed by atoms with E-state index in [1.165, 1.54) is 0 Å². The lowest BCUT2D eigenvalue weighted by Gasteiger charge is -2.19. The van der Waals surface area contributed by atoms with Gasteiger partial charge in [-0.15, -0.1) is 0 Å². The molecule has 2 amide bonds. The zero-order valence-electron chi connectivity index (χ0n) is 15.5. The van der Waals surface area contributed by atoms with E-state index in [1.54, 1.807) is 29.4 Å². The van der Waals surface area contributed by atoms with Crippen LogP contribution in [0.25, 0.3) is 22.6 Å². The van der Waals surface area contributed by atoms with Gasteiger partial charge in [0.05, 0.1) is 12.6 Å². The fourth-order valence-corrected chi connectivity index (χ4v) is 4.11. The first-order chi connectivity index (χ1) is 13.7. The molecule has 3 aromatic heterocycles. The van der Waals surface area contributed by atoms with Crippen LogP contribution in [0.4, 0.5) is 4.79 Å². The van der Waals surface area contributed by atoms with E-state index in [9.17, 15) is 9.59 Å². The van der Waals surface area contributed by atoms with E-state index < -0.39 is 5.97 Å². The van der Waals surface area contributed by atoms with Gasteiger partial charge in [-0.3, -0.25) is 4.79 Å². The van der Waals surface area contributed by atoms with Gasteiger partial charge >= 0.3 is 12.0 Å². The van der Waals surface area contributed by atoms with Gasteiger partial charge in [-0.2, -0.15) is 11.3 Å². The number of pyridine rings is 1. The quantitative estimate of drug-likeness (QED) is 0.667. The number of fused-ring (bicyclic) bond motifs is 1. The van der Waals surface area contributed by atoms with E-state index in [0.717, 1.165) is 29.0 Å². The molecular weight excluding hydrogens is 378 g/mol. The maximum absolute atomic E-state index is 12.4. The number of aromatic nitrogens is 3. The number of hydrogen-bond acceptors (Lipinski definition) is 6. The number of esters is 1. The molecular formula is C19H21N5O3S. The summed E-state index contributed by atoms with van der Waals surface area (Å²) in [5.41, 5.74) is 2.71. The number of nitrogens with one attached hydrogen (secondary N) is 1. The molecule has 1 saturated heterocycles. The predicted octanol–water partition coefficient (Wildman–Crippen LogP) is 2.68. The summed E-state index contributed by atoms with van der Waals surface area (Å²) in [5, 5.41) is 6.72. The van der Waals surface area contributed by atoms with Crippen molar-refractivity contribution >= 4 is 34.5 Å². The van der Waals surface area contributed by atoms with Crippen LogP contribution >= 0.6 is 11.3 Å². The van der Waals surface area contributed by atoms with Gasteiger partial charge < -0.3 is 19.5 Å². The minimum Gasteiger partial charge on any atom is -0.465 e. The Morgan fingerprint density at radius 2 is 2.29 bits per heavy atom. The first kappa shape index (κ1) is 18.4. The summed E-state index contributed by atoms with van der Waals surface area (Å²) in [5.74, 6) is 0.435. The molecule has 1 unspecified atom stereocenters. The van der Waals surface area contributed by atoms with Crippen molar-refractivity contribution in [2.24, 2.45) is 0 Å². The second kappa shape index (κ2) is 7.97. The largest absolute Gasteiger partial charge is 0.465 e. The molecule has 4 rings (SSSR count). The molecule has 1 N–H and O–H groups in total. The Morgan fingerprint density at radius 3 is 3.07 bits per heavy atom. The molecule has 0 bridgehead atoms. The van der Waals surface area contributed by atoms with Gasteiger partial charge in [-0.1, -0.05) is 0 Å². The van der Waals surface area contributed by atoms with Crippen molar-refractivity contribution in [2.75, 3.05) is 26.2 Å². The molecule has 4 heterocycles. The van der Waals surface area contributed by atoms with Gasteiger partial charge in [-0.25, -0.2) is 14.8 Å². The Labute approximate surface area is 166 Å². The van der Waals surface area contributed by atoms with Crippen LogP contribution in [0.1, 0.15) is 19.4 Å². The topological polar surface area (TPSA) is 89.4 Å². The van der Waals surface area contributed by atoms with Crippen molar-refractivity contribution < 1.29 is 14.3 Å². The van der Waals surface area contributed by atoms with Crippen molar-refractivity contribution in [3.05, 3.63) is 35.2 Å². The number of hydrogen-bond donors (Lipinski definition) is 1. The lowest BCUT2D eigenvalue weighted by Crippen LogP contribution is -2.41. The molecule has 3 aromatic rings.